The van der Waals surface area contributed by atoms with Gasteiger partial charge >= 0.3 is 0 Å². The fourth-order valence-corrected chi connectivity index (χ4v) is 3.01. The van der Waals surface area contributed by atoms with Gasteiger partial charge in [-0.05, 0) is 30.9 Å². The van der Waals surface area contributed by atoms with E-state index in [0.717, 1.165) is 42.8 Å². The Morgan fingerprint density at radius 3 is 2.71 bits per heavy atom. The third-order valence-corrected chi connectivity index (χ3v) is 4.44. The number of nitrogens with one attached hydrogen (secondary N) is 2. The lowest BCUT2D eigenvalue weighted by molar-refractivity contribution is -0.920. The largest absolute Gasteiger partial charge is 0.495 e. The molecule has 0 unspecified atom stereocenters. The third-order valence-electron chi connectivity index (χ3n) is 4.44. The maximum absolute atomic E-state index is 5.87. The second kappa shape index (κ2) is 7.44. The monoisotopic (exact) mass is 329 g/mol. The van der Waals surface area contributed by atoms with Crippen LogP contribution in [0.2, 0.25) is 0 Å². The molecule has 0 aliphatic carbocycles. The maximum atomic E-state index is 5.87. The van der Waals surface area contributed by atoms with Crippen LogP contribution in [0.3, 0.4) is 0 Å². The molecule has 0 bridgehead atoms. The van der Waals surface area contributed by atoms with Gasteiger partial charge in [-0.25, -0.2) is 0 Å². The number of aromatic nitrogens is 3. The third kappa shape index (κ3) is 4.11. The number of nitrogens with two attached hydrogens (primary N) is 1. The van der Waals surface area contributed by atoms with Gasteiger partial charge in [0, 0.05) is 0 Å². The van der Waals surface area contributed by atoms with E-state index in [1.54, 1.807) is 7.11 Å². The topological polar surface area (TPSA) is 90.4 Å². The number of rotatable bonds is 5. The molecular weight excluding hydrogens is 304 g/mol. The summed E-state index contributed by atoms with van der Waals surface area (Å²) in [5, 5.41) is 3.17. The van der Waals surface area contributed by atoms with Gasteiger partial charge in [0.05, 0.1) is 25.9 Å². The van der Waals surface area contributed by atoms with Crippen molar-refractivity contribution in [3.8, 4) is 5.75 Å². The Labute approximate surface area is 142 Å². The van der Waals surface area contributed by atoms with Crippen LogP contribution in [0.1, 0.15) is 25.6 Å². The van der Waals surface area contributed by atoms with Crippen LogP contribution in [0.4, 0.5) is 17.6 Å². The Bertz CT molecular complexity index is 685. The van der Waals surface area contributed by atoms with Crippen molar-refractivity contribution in [3.63, 3.8) is 0 Å². The highest BCUT2D eigenvalue weighted by Crippen LogP contribution is 2.25. The highest BCUT2D eigenvalue weighted by Gasteiger charge is 2.20. The number of benzene rings is 1. The van der Waals surface area contributed by atoms with Crippen molar-refractivity contribution in [3.05, 3.63) is 30.1 Å². The summed E-state index contributed by atoms with van der Waals surface area (Å²) in [6.07, 6.45) is 2.50. The van der Waals surface area contributed by atoms with Gasteiger partial charge in [-0.3, -0.25) is 0 Å². The van der Waals surface area contributed by atoms with Crippen molar-refractivity contribution in [2.75, 3.05) is 31.2 Å². The number of piperidine rings is 1. The highest BCUT2D eigenvalue weighted by atomic mass is 16.5. The molecule has 2 aromatic rings. The van der Waals surface area contributed by atoms with Crippen LogP contribution in [-0.4, -0.2) is 35.2 Å². The predicted molar refractivity (Wildman–Crippen MR) is 93.3 cm³/mol. The zero-order valence-electron chi connectivity index (χ0n) is 14.2. The minimum absolute atomic E-state index is 0.238. The maximum Gasteiger partial charge on any atom is 0.232 e. The first-order valence-corrected chi connectivity index (χ1v) is 8.38. The van der Waals surface area contributed by atoms with E-state index in [4.69, 9.17) is 10.5 Å². The van der Waals surface area contributed by atoms with Gasteiger partial charge in [0.15, 0.2) is 5.82 Å². The fourth-order valence-electron chi connectivity index (χ4n) is 3.01. The molecular formula is C17H25N6O+. The molecule has 1 aliphatic heterocycles. The summed E-state index contributed by atoms with van der Waals surface area (Å²) in [7, 11) is 1.63. The zero-order chi connectivity index (χ0) is 16.9. The molecule has 0 saturated carbocycles. The lowest BCUT2D eigenvalue weighted by atomic mass is 9.99. The molecule has 24 heavy (non-hydrogen) atoms. The summed E-state index contributed by atoms with van der Waals surface area (Å²) in [5.41, 5.74) is 6.67. The zero-order valence-corrected chi connectivity index (χ0v) is 14.2. The van der Waals surface area contributed by atoms with Gasteiger partial charge in [0.2, 0.25) is 11.9 Å². The summed E-state index contributed by atoms with van der Waals surface area (Å²) in [5.74, 6) is 2.96. The predicted octanol–water partition coefficient (Wildman–Crippen LogP) is 1.02. The average molecular weight is 329 g/mol. The standard InChI is InChI=1S/C17H24N6O/c1-12-7-9-23(10-8-12)11-15-20-16(18)22-17(21-15)19-13-5-3-4-6-14(13)24-2/h3-6,12H,7-11H2,1-2H3,(H3,18,19,20,21,22)/p+1. The van der Waals surface area contributed by atoms with E-state index in [2.05, 4.69) is 27.2 Å². The van der Waals surface area contributed by atoms with Gasteiger partial charge < -0.3 is 20.7 Å². The highest BCUT2D eigenvalue weighted by molar-refractivity contribution is 5.62. The number of nitrogens with zero attached hydrogens (tertiary/aromatic N) is 3. The number of nitrogen functional groups attached to an aromatic ring is 1. The molecule has 3 rings (SSSR count). The average Bonchev–Trinajstić information content (AvgIpc) is 2.57. The fraction of sp³-hybridized carbons (Fsp3) is 0.471. The second-order valence-electron chi connectivity index (χ2n) is 6.37. The smallest absolute Gasteiger partial charge is 0.232 e. The summed E-state index contributed by atoms with van der Waals surface area (Å²) < 4.78 is 5.34. The van der Waals surface area contributed by atoms with Crippen molar-refractivity contribution in [1.82, 2.24) is 15.0 Å². The number of anilines is 3. The molecule has 7 nitrogen and oxygen atoms in total. The van der Waals surface area contributed by atoms with Crippen LogP contribution in [-0.2, 0) is 6.54 Å². The molecule has 0 spiro atoms. The van der Waals surface area contributed by atoms with Crippen LogP contribution in [0.25, 0.3) is 0 Å². The van der Waals surface area contributed by atoms with Crippen LogP contribution in [0.5, 0.6) is 5.75 Å². The molecule has 1 aromatic carbocycles. The van der Waals surface area contributed by atoms with Crippen LogP contribution in [0.15, 0.2) is 24.3 Å². The summed E-state index contributed by atoms with van der Waals surface area (Å²) in [6, 6.07) is 7.63. The van der Waals surface area contributed by atoms with Gasteiger partial charge in [-0.15, -0.1) is 0 Å². The van der Waals surface area contributed by atoms with Gasteiger partial charge in [0.25, 0.3) is 0 Å². The van der Waals surface area contributed by atoms with E-state index in [1.165, 1.54) is 17.7 Å². The molecule has 7 heteroatoms. The molecule has 1 saturated heterocycles. The van der Waals surface area contributed by atoms with Crippen molar-refractivity contribution in [2.45, 2.75) is 26.3 Å². The Morgan fingerprint density at radius 1 is 1.21 bits per heavy atom. The Morgan fingerprint density at radius 2 is 1.96 bits per heavy atom. The van der Waals surface area contributed by atoms with E-state index in [9.17, 15) is 0 Å². The lowest BCUT2D eigenvalue weighted by Crippen LogP contribution is -3.11. The lowest BCUT2D eigenvalue weighted by Gasteiger charge is -2.26. The van der Waals surface area contributed by atoms with Gasteiger partial charge in [-0.2, -0.15) is 15.0 Å². The Kier molecular flexibility index (Phi) is 5.10. The van der Waals surface area contributed by atoms with Crippen molar-refractivity contribution in [1.29, 1.82) is 0 Å². The second-order valence-corrected chi connectivity index (χ2v) is 6.37. The molecule has 1 aliphatic rings. The van der Waals surface area contributed by atoms with E-state index < -0.39 is 0 Å². The number of hydrogen-bond acceptors (Lipinski definition) is 6. The summed E-state index contributed by atoms with van der Waals surface area (Å²) in [6.45, 7) is 5.40. The SMILES string of the molecule is COc1ccccc1Nc1nc(N)nc(C[NH+]2CCC(C)CC2)n1. The number of methoxy groups -OCH3 is 1. The van der Waals surface area contributed by atoms with Crippen LogP contribution in [0, 0.1) is 5.92 Å². The van der Waals surface area contributed by atoms with Crippen molar-refractivity contribution < 1.29 is 9.64 Å². The number of quaternary nitrogens is 1. The first kappa shape index (κ1) is 16.4. The molecule has 0 atom stereocenters. The summed E-state index contributed by atoms with van der Waals surface area (Å²) in [4.78, 5) is 14.5. The first-order valence-electron chi connectivity index (χ1n) is 8.38. The Hall–Kier alpha value is -2.41. The molecule has 2 heterocycles. The molecule has 0 amide bonds. The number of likely N-dealkylation sites (tertiary alicyclic amines) is 1. The normalized spacial score (nSPS) is 20.6. The molecule has 0 radical (unpaired) electrons. The van der Waals surface area contributed by atoms with Gasteiger partial charge in [0.1, 0.15) is 12.3 Å². The number of ether oxygens (including phenoxy) is 1. The quantitative estimate of drug-likeness (QED) is 0.759. The Balaban J connectivity index is 1.74. The van der Waals surface area contributed by atoms with Gasteiger partial charge in [-0.1, -0.05) is 19.1 Å². The number of para-hydroxylation sites is 2. The van der Waals surface area contributed by atoms with E-state index in [-0.39, 0.29) is 5.95 Å². The molecule has 4 N–H and O–H groups in total. The van der Waals surface area contributed by atoms with Crippen LogP contribution >= 0.6 is 0 Å². The van der Waals surface area contributed by atoms with Crippen molar-refractivity contribution >= 4 is 17.6 Å². The minimum Gasteiger partial charge on any atom is -0.495 e. The summed E-state index contributed by atoms with van der Waals surface area (Å²) >= 11 is 0. The van der Waals surface area contributed by atoms with Crippen LogP contribution < -0.4 is 20.7 Å². The van der Waals surface area contributed by atoms with E-state index in [0.29, 0.717) is 5.95 Å². The number of hydrogen-bond donors (Lipinski definition) is 3. The molecule has 1 fully saturated rings. The molecule has 1 aromatic heterocycles. The van der Waals surface area contributed by atoms with Crippen molar-refractivity contribution in [2.24, 2.45) is 5.92 Å². The first-order chi connectivity index (χ1) is 11.6. The van der Waals surface area contributed by atoms with E-state index >= 15 is 0 Å². The van der Waals surface area contributed by atoms with E-state index in [1.807, 2.05) is 24.3 Å². The molecule has 128 valence electrons. The minimum atomic E-state index is 0.238.